The monoisotopic (exact) mass is 389 g/mol. The van der Waals surface area contributed by atoms with Crippen molar-refractivity contribution in [2.24, 2.45) is 5.92 Å². The molecule has 0 spiro atoms. The summed E-state index contributed by atoms with van der Waals surface area (Å²) in [5.74, 6) is 4.02. The number of phenols is 1. The lowest BCUT2D eigenvalue weighted by molar-refractivity contribution is 0.268. The van der Waals surface area contributed by atoms with Crippen LogP contribution in [0.5, 0.6) is 11.5 Å². The van der Waals surface area contributed by atoms with E-state index in [0.29, 0.717) is 24.3 Å². The number of hydrogen-bond donors (Lipinski definition) is 2. The number of nitrogens with one attached hydrogen (secondary N) is 1. The molecule has 0 aliphatic carbocycles. The number of aromatic hydroxyl groups is 1. The van der Waals surface area contributed by atoms with Gasteiger partial charge in [0.2, 0.25) is 0 Å². The molecule has 0 bridgehead atoms. The fourth-order valence-electron chi connectivity index (χ4n) is 2.85. The van der Waals surface area contributed by atoms with Crippen LogP contribution < -0.4 is 10.1 Å². The molecular formula is C21H27NO2S2. The highest BCUT2D eigenvalue weighted by Crippen LogP contribution is 2.33. The fourth-order valence-corrected chi connectivity index (χ4v) is 5.13. The number of benzene rings is 2. The predicted molar refractivity (Wildman–Crippen MR) is 112 cm³/mol. The van der Waals surface area contributed by atoms with E-state index in [-0.39, 0.29) is 0 Å². The van der Waals surface area contributed by atoms with Crippen LogP contribution in [0.25, 0.3) is 0 Å². The van der Waals surface area contributed by atoms with Crippen LogP contribution in [0.15, 0.2) is 52.3 Å². The summed E-state index contributed by atoms with van der Waals surface area (Å²) in [4.78, 5) is 2.21. The minimum Gasteiger partial charge on any atom is -0.507 e. The number of phenolic OH excluding ortho intramolecular Hbond substituents is 1. The first kappa shape index (κ1) is 19.5. The van der Waals surface area contributed by atoms with Crippen molar-refractivity contribution in [3.05, 3.63) is 48.0 Å². The summed E-state index contributed by atoms with van der Waals surface area (Å²) in [6, 6.07) is 14.6. The van der Waals surface area contributed by atoms with Gasteiger partial charge in [0.25, 0.3) is 0 Å². The van der Waals surface area contributed by atoms with Crippen LogP contribution in [-0.4, -0.2) is 35.8 Å². The van der Waals surface area contributed by atoms with Crippen molar-refractivity contribution < 1.29 is 9.84 Å². The lowest BCUT2D eigenvalue weighted by Crippen LogP contribution is -2.39. The average molecular weight is 390 g/mol. The normalized spacial score (nSPS) is 17.8. The third-order valence-corrected chi connectivity index (χ3v) is 7.17. The van der Waals surface area contributed by atoms with Crippen LogP contribution in [0.2, 0.25) is 0 Å². The Hall–Kier alpha value is -1.30. The molecule has 0 fully saturated rings. The Bertz CT molecular complexity index is 696. The van der Waals surface area contributed by atoms with Gasteiger partial charge in [-0.25, -0.2) is 0 Å². The van der Waals surface area contributed by atoms with Crippen molar-refractivity contribution in [3.8, 4) is 11.5 Å². The molecule has 140 valence electrons. The Morgan fingerprint density at radius 3 is 2.96 bits per heavy atom. The molecule has 1 heterocycles. The Labute approximate surface area is 164 Å². The van der Waals surface area contributed by atoms with Gasteiger partial charge in [-0.05, 0) is 43.1 Å². The molecule has 2 atom stereocenters. The van der Waals surface area contributed by atoms with Gasteiger partial charge in [-0.3, -0.25) is 0 Å². The van der Waals surface area contributed by atoms with Gasteiger partial charge < -0.3 is 15.2 Å². The standard InChI is InChI=1S/C21H27NO2S2/c1-3-16(13-25-20-10-6-7-15(2)21(20)23)11-22-17-12-24-18-8-4-5-9-19(18)26-14-17/h4-10,16-17,22-23H,3,11-14H2,1-2H3/t16-,17+/m0/s1. The zero-order chi connectivity index (χ0) is 18.4. The molecule has 1 aliphatic heterocycles. The van der Waals surface area contributed by atoms with Gasteiger partial charge in [0.05, 0.1) is 6.04 Å². The van der Waals surface area contributed by atoms with Crippen LogP contribution in [0.4, 0.5) is 0 Å². The highest BCUT2D eigenvalue weighted by atomic mass is 32.2. The molecule has 2 aromatic carbocycles. The molecule has 0 radical (unpaired) electrons. The SMILES string of the molecule is CC[C@@H](CN[C@@H]1COc2ccccc2SC1)CSc1cccc(C)c1O. The summed E-state index contributed by atoms with van der Waals surface area (Å²) in [6.07, 6.45) is 1.12. The second-order valence-corrected chi connectivity index (χ2v) is 8.80. The van der Waals surface area contributed by atoms with Gasteiger partial charge in [-0.2, -0.15) is 0 Å². The third kappa shape index (κ3) is 5.12. The van der Waals surface area contributed by atoms with E-state index in [1.165, 1.54) is 4.90 Å². The first-order chi connectivity index (χ1) is 12.7. The number of rotatable bonds is 7. The molecule has 5 heteroatoms. The van der Waals surface area contributed by atoms with Crippen LogP contribution in [0, 0.1) is 12.8 Å². The second-order valence-electron chi connectivity index (χ2n) is 6.68. The van der Waals surface area contributed by atoms with Crippen molar-refractivity contribution in [2.75, 3.05) is 24.7 Å². The van der Waals surface area contributed by atoms with Crippen molar-refractivity contribution in [1.82, 2.24) is 5.32 Å². The number of hydrogen-bond acceptors (Lipinski definition) is 5. The molecule has 0 saturated carbocycles. The zero-order valence-corrected chi connectivity index (χ0v) is 17.0. The maximum atomic E-state index is 10.2. The van der Waals surface area contributed by atoms with Crippen LogP contribution in [0.1, 0.15) is 18.9 Å². The summed E-state index contributed by atoms with van der Waals surface area (Å²) in [5.41, 5.74) is 0.938. The zero-order valence-electron chi connectivity index (χ0n) is 15.4. The predicted octanol–water partition coefficient (Wildman–Crippen LogP) is 4.96. The van der Waals surface area contributed by atoms with Crippen LogP contribution in [-0.2, 0) is 0 Å². The van der Waals surface area contributed by atoms with E-state index in [4.69, 9.17) is 4.74 Å². The van der Waals surface area contributed by atoms with Gasteiger partial charge in [0.1, 0.15) is 18.1 Å². The van der Waals surface area contributed by atoms with E-state index in [1.807, 2.05) is 49.0 Å². The molecule has 0 saturated heterocycles. The molecule has 1 aliphatic rings. The summed E-state index contributed by atoms with van der Waals surface area (Å²) in [5, 5.41) is 13.9. The largest absolute Gasteiger partial charge is 0.507 e. The molecule has 26 heavy (non-hydrogen) atoms. The lowest BCUT2D eigenvalue weighted by atomic mass is 10.1. The number of thioether (sulfide) groups is 2. The van der Waals surface area contributed by atoms with Crippen molar-refractivity contribution in [2.45, 2.75) is 36.1 Å². The van der Waals surface area contributed by atoms with E-state index in [2.05, 4.69) is 24.4 Å². The van der Waals surface area contributed by atoms with Crippen LogP contribution in [0.3, 0.4) is 0 Å². The summed E-state index contributed by atoms with van der Waals surface area (Å²) in [6.45, 7) is 5.87. The van der Waals surface area contributed by atoms with Crippen molar-refractivity contribution in [3.63, 3.8) is 0 Å². The van der Waals surface area contributed by atoms with E-state index >= 15 is 0 Å². The highest BCUT2D eigenvalue weighted by Gasteiger charge is 2.18. The number of fused-ring (bicyclic) bond motifs is 1. The Morgan fingerprint density at radius 2 is 2.12 bits per heavy atom. The molecule has 2 N–H and O–H groups in total. The van der Waals surface area contributed by atoms with E-state index in [9.17, 15) is 5.11 Å². The maximum absolute atomic E-state index is 10.2. The Balaban J connectivity index is 1.48. The molecular weight excluding hydrogens is 362 g/mol. The van der Waals surface area contributed by atoms with Gasteiger partial charge in [-0.15, -0.1) is 23.5 Å². The fraction of sp³-hybridized carbons (Fsp3) is 0.429. The quantitative estimate of drug-likeness (QED) is 0.655. The molecule has 3 nitrogen and oxygen atoms in total. The first-order valence-corrected chi connectivity index (χ1v) is 11.1. The van der Waals surface area contributed by atoms with Crippen LogP contribution >= 0.6 is 23.5 Å². The van der Waals surface area contributed by atoms with E-state index < -0.39 is 0 Å². The van der Waals surface area contributed by atoms with Gasteiger partial charge in [0.15, 0.2) is 0 Å². The smallest absolute Gasteiger partial charge is 0.132 e. The van der Waals surface area contributed by atoms with Crippen molar-refractivity contribution >= 4 is 23.5 Å². The number of ether oxygens (including phenoxy) is 1. The molecule has 2 aromatic rings. The van der Waals surface area contributed by atoms with E-state index in [1.54, 1.807) is 11.8 Å². The summed E-state index contributed by atoms with van der Waals surface area (Å²) in [7, 11) is 0. The number of para-hydroxylation sites is 2. The molecule has 0 amide bonds. The second kappa shape index (κ2) is 9.58. The maximum Gasteiger partial charge on any atom is 0.132 e. The molecule has 0 aromatic heterocycles. The number of aryl methyl sites for hydroxylation is 1. The molecule has 0 unspecified atom stereocenters. The first-order valence-electron chi connectivity index (χ1n) is 9.16. The van der Waals surface area contributed by atoms with Gasteiger partial charge >= 0.3 is 0 Å². The molecule has 3 rings (SSSR count). The average Bonchev–Trinajstić information content (AvgIpc) is 2.87. The Kier molecular flexibility index (Phi) is 7.17. The Morgan fingerprint density at radius 1 is 1.27 bits per heavy atom. The van der Waals surface area contributed by atoms with Gasteiger partial charge in [-0.1, -0.05) is 37.6 Å². The summed E-state index contributed by atoms with van der Waals surface area (Å²) < 4.78 is 5.96. The summed E-state index contributed by atoms with van der Waals surface area (Å²) >= 11 is 3.61. The van der Waals surface area contributed by atoms with E-state index in [0.717, 1.165) is 40.7 Å². The van der Waals surface area contributed by atoms with Crippen molar-refractivity contribution in [1.29, 1.82) is 0 Å². The lowest BCUT2D eigenvalue weighted by Gasteiger charge is -2.21. The third-order valence-electron chi connectivity index (χ3n) is 4.68. The highest BCUT2D eigenvalue weighted by molar-refractivity contribution is 7.99. The minimum atomic E-state index is 0.360. The topological polar surface area (TPSA) is 41.5 Å². The van der Waals surface area contributed by atoms with Gasteiger partial charge in [0, 0.05) is 21.3 Å². The minimum absolute atomic E-state index is 0.360.